The van der Waals surface area contributed by atoms with E-state index in [1.54, 1.807) is 0 Å². The molecule has 1 aliphatic rings. The Bertz CT molecular complexity index is 111. The van der Waals surface area contributed by atoms with Crippen LogP contribution in [0.3, 0.4) is 0 Å². The summed E-state index contributed by atoms with van der Waals surface area (Å²) < 4.78 is 0. The zero-order valence-corrected chi connectivity index (χ0v) is 6.85. The third kappa shape index (κ3) is 1.48. The number of nitrogens with one attached hydrogen (secondary N) is 1. The molecule has 1 atom stereocenters. The van der Waals surface area contributed by atoms with E-state index in [0.717, 1.165) is 26.2 Å². The van der Waals surface area contributed by atoms with Crippen LogP contribution in [0.2, 0.25) is 0 Å². The first-order valence-corrected chi connectivity index (χ1v) is 3.91. The SMILES string of the molecule is CCN1CCNCC1(C)N. The van der Waals surface area contributed by atoms with Gasteiger partial charge in [-0.25, -0.2) is 0 Å². The summed E-state index contributed by atoms with van der Waals surface area (Å²) in [7, 11) is 0. The summed E-state index contributed by atoms with van der Waals surface area (Å²) in [5.41, 5.74) is 5.86. The fourth-order valence-electron chi connectivity index (χ4n) is 1.44. The highest BCUT2D eigenvalue weighted by atomic mass is 15.3. The molecule has 0 aromatic rings. The van der Waals surface area contributed by atoms with Crippen molar-refractivity contribution >= 4 is 0 Å². The molecule has 1 rings (SSSR count). The molecule has 0 aliphatic carbocycles. The van der Waals surface area contributed by atoms with Crippen LogP contribution in [0.15, 0.2) is 0 Å². The Morgan fingerprint density at radius 3 is 2.80 bits per heavy atom. The second-order valence-corrected chi connectivity index (χ2v) is 3.11. The summed E-state index contributed by atoms with van der Waals surface area (Å²) >= 11 is 0. The van der Waals surface area contributed by atoms with Crippen LogP contribution in [0.1, 0.15) is 13.8 Å². The number of rotatable bonds is 1. The van der Waals surface area contributed by atoms with E-state index in [1.807, 2.05) is 0 Å². The van der Waals surface area contributed by atoms with Crippen LogP contribution in [-0.2, 0) is 0 Å². The molecule has 0 radical (unpaired) electrons. The minimum atomic E-state index is -0.132. The Kier molecular flexibility index (Phi) is 2.28. The lowest BCUT2D eigenvalue weighted by Crippen LogP contribution is -2.64. The maximum Gasteiger partial charge on any atom is 0.0786 e. The lowest BCUT2D eigenvalue weighted by molar-refractivity contribution is 0.0867. The first-order valence-electron chi connectivity index (χ1n) is 3.91. The number of likely N-dealkylation sites (N-methyl/N-ethyl adjacent to an activating group) is 1. The van der Waals surface area contributed by atoms with Crippen molar-refractivity contribution in [3.05, 3.63) is 0 Å². The quantitative estimate of drug-likeness (QED) is 0.524. The topological polar surface area (TPSA) is 41.3 Å². The number of nitrogens with two attached hydrogens (primary N) is 1. The highest BCUT2D eigenvalue weighted by Crippen LogP contribution is 2.08. The van der Waals surface area contributed by atoms with Crippen LogP contribution in [0, 0.1) is 0 Å². The number of hydrogen-bond donors (Lipinski definition) is 2. The molecule has 1 heterocycles. The van der Waals surface area contributed by atoms with Gasteiger partial charge in [-0.3, -0.25) is 4.90 Å². The van der Waals surface area contributed by atoms with Gasteiger partial charge in [0, 0.05) is 19.6 Å². The van der Waals surface area contributed by atoms with Crippen LogP contribution in [0.5, 0.6) is 0 Å². The van der Waals surface area contributed by atoms with E-state index < -0.39 is 0 Å². The highest BCUT2D eigenvalue weighted by molar-refractivity contribution is 4.85. The van der Waals surface area contributed by atoms with Crippen LogP contribution in [-0.4, -0.2) is 36.7 Å². The smallest absolute Gasteiger partial charge is 0.0786 e. The molecule has 0 bridgehead atoms. The van der Waals surface area contributed by atoms with Gasteiger partial charge < -0.3 is 11.1 Å². The van der Waals surface area contributed by atoms with Gasteiger partial charge in [-0.05, 0) is 13.5 Å². The van der Waals surface area contributed by atoms with Gasteiger partial charge in [0.05, 0.1) is 5.66 Å². The van der Waals surface area contributed by atoms with Crippen molar-refractivity contribution in [2.24, 2.45) is 5.73 Å². The van der Waals surface area contributed by atoms with Crippen molar-refractivity contribution in [2.45, 2.75) is 19.5 Å². The molecule has 3 heteroatoms. The molecule has 0 spiro atoms. The predicted octanol–water partition coefficient (Wildman–Crippen LogP) is -0.414. The molecule has 3 nitrogen and oxygen atoms in total. The lowest BCUT2D eigenvalue weighted by atomic mass is 10.1. The number of nitrogens with zero attached hydrogens (tertiary/aromatic N) is 1. The molecule has 3 N–H and O–H groups in total. The van der Waals surface area contributed by atoms with Gasteiger partial charge in [-0.15, -0.1) is 0 Å². The van der Waals surface area contributed by atoms with Gasteiger partial charge in [0.15, 0.2) is 0 Å². The Morgan fingerprint density at radius 1 is 1.70 bits per heavy atom. The zero-order chi connectivity index (χ0) is 7.61. The summed E-state index contributed by atoms with van der Waals surface area (Å²) in [6.07, 6.45) is 0. The van der Waals surface area contributed by atoms with Gasteiger partial charge >= 0.3 is 0 Å². The fourth-order valence-corrected chi connectivity index (χ4v) is 1.44. The standard InChI is InChI=1S/C7H17N3/c1-3-10-5-4-9-6-7(10,2)8/h9H,3-6,8H2,1-2H3. The first-order chi connectivity index (χ1) is 4.67. The van der Waals surface area contributed by atoms with Crippen molar-refractivity contribution in [3.63, 3.8) is 0 Å². The van der Waals surface area contributed by atoms with E-state index in [-0.39, 0.29) is 5.66 Å². The molecule has 0 aromatic carbocycles. The third-order valence-corrected chi connectivity index (χ3v) is 2.15. The van der Waals surface area contributed by atoms with Crippen molar-refractivity contribution < 1.29 is 0 Å². The molecule has 10 heavy (non-hydrogen) atoms. The molecule has 60 valence electrons. The fraction of sp³-hybridized carbons (Fsp3) is 1.00. The van der Waals surface area contributed by atoms with Crippen LogP contribution in [0.25, 0.3) is 0 Å². The second-order valence-electron chi connectivity index (χ2n) is 3.11. The molecular weight excluding hydrogens is 126 g/mol. The number of piperazine rings is 1. The largest absolute Gasteiger partial charge is 0.312 e. The molecule has 0 aromatic heterocycles. The van der Waals surface area contributed by atoms with Crippen LogP contribution in [0.4, 0.5) is 0 Å². The van der Waals surface area contributed by atoms with Gasteiger partial charge in [0.25, 0.3) is 0 Å². The van der Waals surface area contributed by atoms with E-state index in [2.05, 4.69) is 24.1 Å². The molecule has 1 fully saturated rings. The van der Waals surface area contributed by atoms with Crippen molar-refractivity contribution in [1.82, 2.24) is 10.2 Å². The lowest BCUT2D eigenvalue weighted by Gasteiger charge is -2.41. The van der Waals surface area contributed by atoms with Gasteiger partial charge in [0.2, 0.25) is 0 Å². The molecule has 0 saturated carbocycles. The Hall–Kier alpha value is -0.120. The predicted molar refractivity (Wildman–Crippen MR) is 42.7 cm³/mol. The summed E-state index contributed by atoms with van der Waals surface area (Å²) in [6.45, 7) is 8.32. The monoisotopic (exact) mass is 143 g/mol. The normalized spacial score (nSPS) is 36.3. The minimum Gasteiger partial charge on any atom is -0.312 e. The third-order valence-electron chi connectivity index (χ3n) is 2.15. The Morgan fingerprint density at radius 2 is 2.40 bits per heavy atom. The average molecular weight is 143 g/mol. The van der Waals surface area contributed by atoms with Gasteiger partial charge in [0.1, 0.15) is 0 Å². The van der Waals surface area contributed by atoms with E-state index in [4.69, 9.17) is 5.73 Å². The Labute approximate surface area is 62.6 Å². The average Bonchev–Trinajstić information content (AvgIpc) is 1.87. The van der Waals surface area contributed by atoms with Crippen LogP contribution >= 0.6 is 0 Å². The van der Waals surface area contributed by atoms with Crippen molar-refractivity contribution in [2.75, 3.05) is 26.2 Å². The van der Waals surface area contributed by atoms with E-state index in [1.165, 1.54) is 0 Å². The molecular formula is C7H17N3. The van der Waals surface area contributed by atoms with E-state index in [0.29, 0.717) is 0 Å². The molecule has 1 aliphatic heterocycles. The highest BCUT2D eigenvalue weighted by Gasteiger charge is 2.28. The molecule has 1 unspecified atom stereocenters. The zero-order valence-electron chi connectivity index (χ0n) is 6.85. The maximum atomic E-state index is 6.00. The number of hydrogen-bond acceptors (Lipinski definition) is 3. The van der Waals surface area contributed by atoms with Gasteiger partial charge in [-0.2, -0.15) is 0 Å². The summed E-state index contributed by atoms with van der Waals surface area (Å²) in [6, 6.07) is 0. The van der Waals surface area contributed by atoms with E-state index >= 15 is 0 Å². The molecule has 1 saturated heterocycles. The first kappa shape index (κ1) is 7.98. The van der Waals surface area contributed by atoms with E-state index in [9.17, 15) is 0 Å². The van der Waals surface area contributed by atoms with Crippen molar-refractivity contribution in [1.29, 1.82) is 0 Å². The Balaban J connectivity index is 2.51. The molecule has 0 amide bonds. The maximum absolute atomic E-state index is 6.00. The minimum absolute atomic E-state index is 0.132. The summed E-state index contributed by atoms with van der Waals surface area (Å²) in [5.74, 6) is 0. The summed E-state index contributed by atoms with van der Waals surface area (Å²) in [5, 5.41) is 3.27. The van der Waals surface area contributed by atoms with Gasteiger partial charge in [-0.1, -0.05) is 6.92 Å². The summed E-state index contributed by atoms with van der Waals surface area (Å²) in [4.78, 5) is 2.30. The van der Waals surface area contributed by atoms with Crippen LogP contribution < -0.4 is 11.1 Å². The van der Waals surface area contributed by atoms with Crippen molar-refractivity contribution in [3.8, 4) is 0 Å². The second kappa shape index (κ2) is 2.86.